The Hall–Kier alpha value is -1.51. The molecule has 0 aliphatic heterocycles. The number of alkyl halides is 1. The van der Waals surface area contributed by atoms with Gasteiger partial charge in [-0.05, 0) is 49.2 Å². The highest BCUT2D eigenvalue weighted by molar-refractivity contribution is 6.30. The lowest BCUT2D eigenvalue weighted by atomic mass is 10.1. The molecule has 0 spiro atoms. The molecule has 2 nitrogen and oxygen atoms in total. The molecule has 1 aromatic heterocycles. The summed E-state index contributed by atoms with van der Waals surface area (Å²) in [6, 6.07) is 14.3. The van der Waals surface area contributed by atoms with Gasteiger partial charge in [-0.25, -0.2) is 4.98 Å². The van der Waals surface area contributed by atoms with E-state index in [1.807, 2.05) is 18.2 Å². The summed E-state index contributed by atoms with van der Waals surface area (Å²) in [5, 5.41) is 0.743. The zero-order valence-electron chi connectivity index (χ0n) is 12.0. The Morgan fingerprint density at radius 3 is 2.71 bits per heavy atom. The average Bonchev–Trinajstić information content (AvgIpc) is 2.83. The molecular formula is C17H16Cl2N2. The third-order valence-electron chi connectivity index (χ3n) is 3.76. The van der Waals surface area contributed by atoms with Crippen molar-refractivity contribution in [2.75, 3.05) is 0 Å². The van der Waals surface area contributed by atoms with Crippen LogP contribution in [0.4, 0.5) is 0 Å². The van der Waals surface area contributed by atoms with E-state index in [0.29, 0.717) is 5.88 Å². The maximum atomic E-state index is 6.11. The van der Waals surface area contributed by atoms with E-state index in [1.54, 1.807) is 0 Å². The fourth-order valence-corrected chi connectivity index (χ4v) is 3.09. The molecule has 0 amide bonds. The molecular weight excluding hydrogens is 303 g/mol. The molecule has 3 aromatic rings. The van der Waals surface area contributed by atoms with Crippen molar-refractivity contribution >= 4 is 34.2 Å². The van der Waals surface area contributed by atoms with Gasteiger partial charge in [0, 0.05) is 5.02 Å². The van der Waals surface area contributed by atoms with Gasteiger partial charge < -0.3 is 4.57 Å². The quantitative estimate of drug-likeness (QED) is 0.595. The van der Waals surface area contributed by atoms with Crippen LogP contribution in [0.1, 0.15) is 29.9 Å². The average molecular weight is 319 g/mol. The molecule has 0 bridgehead atoms. The summed E-state index contributed by atoms with van der Waals surface area (Å²) in [7, 11) is 0. The number of fused-ring (bicyclic) bond motifs is 1. The van der Waals surface area contributed by atoms with Crippen molar-refractivity contribution in [1.29, 1.82) is 0 Å². The molecule has 0 aliphatic rings. The second-order valence-electron chi connectivity index (χ2n) is 5.25. The van der Waals surface area contributed by atoms with Crippen molar-refractivity contribution in [1.82, 2.24) is 9.55 Å². The number of hydrogen-bond donors (Lipinski definition) is 0. The van der Waals surface area contributed by atoms with Crippen LogP contribution in [0.2, 0.25) is 5.02 Å². The van der Waals surface area contributed by atoms with E-state index < -0.39 is 0 Å². The Balaban J connectivity index is 2.18. The van der Waals surface area contributed by atoms with Gasteiger partial charge in [-0.2, -0.15) is 0 Å². The third kappa shape index (κ3) is 2.66. The molecule has 21 heavy (non-hydrogen) atoms. The lowest BCUT2D eigenvalue weighted by Crippen LogP contribution is -2.09. The minimum Gasteiger partial charge on any atom is -0.320 e. The van der Waals surface area contributed by atoms with Crippen LogP contribution in [0.15, 0.2) is 42.5 Å². The fraction of sp³-hybridized carbons (Fsp3) is 0.235. The molecule has 108 valence electrons. The normalized spacial score (nSPS) is 12.8. The van der Waals surface area contributed by atoms with Gasteiger partial charge in [0.05, 0.1) is 23.0 Å². The van der Waals surface area contributed by atoms with Crippen LogP contribution in [0, 0.1) is 6.92 Å². The van der Waals surface area contributed by atoms with E-state index in [1.165, 1.54) is 5.56 Å². The molecule has 0 fully saturated rings. The van der Waals surface area contributed by atoms with Crippen molar-refractivity contribution in [3.05, 3.63) is 64.4 Å². The highest BCUT2D eigenvalue weighted by atomic mass is 35.5. The van der Waals surface area contributed by atoms with E-state index in [2.05, 4.69) is 47.7 Å². The van der Waals surface area contributed by atoms with E-state index in [4.69, 9.17) is 23.2 Å². The lowest BCUT2D eigenvalue weighted by Gasteiger charge is -2.18. The van der Waals surface area contributed by atoms with Gasteiger partial charge in [0.2, 0.25) is 0 Å². The van der Waals surface area contributed by atoms with E-state index in [0.717, 1.165) is 27.4 Å². The van der Waals surface area contributed by atoms with Crippen molar-refractivity contribution in [2.24, 2.45) is 0 Å². The number of halogens is 2. The van der Waals surface area contributed by atoms with Crippen LogP contribution >= 0.6 is 23.2 Å². The first-order valence-electron chi connectivity index (χ1n) is 6.89. The highest BCUT2D eigenvalue weighted by Crippen LogP contribution is 2.28. The summed E-state index contributed by atoms with van der Waals surface area (Å²) in [6.45, 7) is 4.21. The van der Waals surface area contributed by atoms with Crippen LogP contribution < -0.4 is 0 Å². The fourth-order valence-electron chi connectivity index (χ4n) is 2.70. The van der Waals surface area contributed by atoms with Gasteiger partial charge in [-0.1, -0.05) is 29.8 Å². The second kappa shape index (κ2) is 5.70. The van der Waals surface area contributed by atoms with E-state index in [9.17, 15) is 0 Å². The van der Waals surface area contributed by atoms with E-state index >= 15 is 0 Å². The number of aryl methyl sites for hydroxylation is 1. The SMILES string of the molecule is Cc1ccc2c(c1)nc(CCl)n2C(C)c1cccc(Cl)c1. The Morgan fingerprint density at radius 1 is 1.19 bits per heavy atom. The number of benzene rings is 2. The standard InChI is InChI=1S/C17H16Cl2N2/c1-11-6-7-16-15(8-11)20-17(10-18)21(16)12(2)13-4-3-5-14(19)9-13/h3-9,12H,10H2,1-2H3. The van der Waals surface area contributed by atoms with Crippen LogP contribution in [-0.2, 0) is 5.88 Å². The summed E-state index contributed by atoms with van der Waals surface area (Å²) in [6.07, 6.45) is 0. The number of imidazole rings is 1. The van der Waals surface area contributed by atoms with Gasteiger partial charge in [0.25, 0.3) is 0 Å². The van der Waals surface area contributed by atoms with Gasteiger partial charge >= 0.3 is 0 Å². The first-order chi connectivity index (χ1) is 10.1. The van der Waals surface area contributed by atoms with Crippen molar-refractivity contribution in [3.8, 4) is 0 Å². The Labute approximate surface area is 134 Å². The van der Waals surface area contributed by atoms with Crippen LogP contribution in [0.25, 0.3) is 11.0 Å². The molecule has 3 rings (SSSR count). The first kappa shape index (κ1) is 14.4. The largest absolute Gasteiger partial charge is 0.320 e. The topological polar surface area (TPSA) is 17.8 Å². The Bertz CT molecular complexity index is 793. The molecule has 0 aliphatic carbocycles. The van der Waals surface area contributed by atoms with Crippen molar-refractivity contribution in [2.45, 2.75) is 25.8 Å². The Kier molecular flexibility index (Phi) is 3.92. The Morgan fingerprint density at radius 2 is 2.00 bits per heavy atom. The zero-order chi connectivity index (χ0) is 15.0. The molecule has 4 heteroatoms. The molecule has 0 N–H and O–H groups in total. The predicted octanol–water partition coefficient (Wildman–Crippen LogP) is 5.35. The summed E-state index contributed by atoms with van der Waals surface area (Å²) < 4.78 is 2.19. The predicted molar refractivity (Wildman–Crippen MR) is 89.3 cm³/mol. The summed E-state index contributed by atoms with van der Waals surface area (Å²) >= 11 is 12.2. The van der Waals surface area contributed by atoms with Gasteiger partial charge in [0.15, 0.2) is 0 Å². The first-order valence-corrected chi connectivity index (χ1v) is 7.80. The summed E-state index contributed by atoms with van der Waals surface area (Å²) in [5.41, 5.74) is 4.43. The zero-order valence-corrected chi connectivity index (χ0v) is 13.5. The molecule has 1 heterocycles. The second-order valence-corrected chi connectivity index (χ2v) is 5.96. The van der Waals surface area contributed by atoms with Gasteiger partial charge in [0.1, 0.15) is 5.82 Å². The van der Waals surface area contributed by atoms with Gasteiger partial charge in [-0.3, -0.25) is 0 Å². The van der Waals surface area contributed by atoms with Crippen molar-refractivity contribution in [3.63, 3.8) is 0 Å². The van der Waals surface area contributed by atoms with Crippen LogP contribution in [-0.4, -0.2) is 9.55 Å². The molecule has 0 saturated heterocycles. The van der Waals surface area contributed by atoms with E-state index in [-0.39, 0.29) is 6.04 Å². The number of hydrogen-bond acceptors (Lipinski definition) is 1. The molecule has 1 unspecified atom stereocenters. The lowest BCUT2D eigenvalue weighted by molar-refractivity contribution is 0.634. The van der Waals surface area contributed by atoms with Crippen LogP contribution in [0.3, 0.4) is 0 Å². The smallest absolute Gasteiger partial charge is 0.125 e. The molecule has 1 atom stereocenters. The number of aromatic nitrogens is 2. The third-order valence-corrected chi connectivity index (χ3v) is 4.23. The van der Waals surface area contributed by atoms with Crippen LogP contribution in [0.5, 0.6) is 0 Å². The monoisotopic (exact) mass is 318 g/mol. The molecule has 0 radical (unpaired) electrons. The summed E-state index contributed by atoms with van der Waals surface area (Å²) in [4.78, 5) is 4.66. The molecule has 2 aromatic carbocycles. The minimum absolute atomic E-state index is 0.130. The minimum atomic E-state index is 0.130. The van der Waals surface area contributed by atoms with Crippen molar-refractivity contribution < 1.29 is 0 Å². The van der Waals surface area contributed by atoms with Gasteiger partial charge in [-0.15, -0.1) is 11.6 Å². The maximum absolute atomic E-state index is 6.11. The number of nitrogens with zero attached hydrogens (tertiary/aromatic N) is 2. The molecule has 0 saturated carbocycles. The highest BCUT2D eigenvalue weighted by Gasteiger charge is 2.17. The maximum Gasteiger partial charge on any atom is 0.125 e. The number of rotatable bonds is 3. The summed E-state index contributed by atoms with van der Waals surface area (Å²) in [5.74, 6) is 1.27.